The molecule has 0 saturated heterocycles. The molecule has 2 bridgehead atoms. The number of nitrogens with one attached hydrogen (secondary N) is 3. The average Bonchev–Trinajstić information content (AvgIpc) is 2.98. The minimum atomic E-state index is -4.65. The summed E-state index contributed by atoms with van der Waals surface area (Å²) >= 11 is 11.4. The molecule has 0 spiro atoms. The fourth-order valence-corrected chi connectivity index (χ4v) is 6.08. The smallest absolute Gasteiger partial charge is 0.469 e. The number of benzene rings is 2. The van der Waals surface area contributed by atoms with Crippen molar-refractivity contribution in [2.45, 2.75) is 55.7 Å². The Labute approximate surface area is 272 Å². The summed E-state index contributed by atoms with van der Waals surface area (Å²) in [5.74, 6) is -2.27. The Bertz CT molecular complexity index is 1490. The van der Waals surface area contributed by atoms with E-state index in [1.807, 2.05) is 0 Å². The Morgan fingerprint density at radius 2 is 1.43 bits per heavy atom. The number of fused-ring (bicyclic) bond motifs is 3. The van der Waals surface area contributed by atoms with Gasteiger partial charge in [-0.2, -0.15) is 0 Å². The standard InChI is InChI=1S/C28H32Cl2F2N3O10P/c29-19-4-2-17(12-21(19)31)42-15-24(36)34-27-6-8-28(9-7-27,35-25(37)16-43-18-3-5-20(30)22(32)13-18)23(14-27)45-26(38)33-10-1-11-44-46(39,40)41/h2-5,12-13,23H,1,6-11,14-16H2,(H,33,38)(H,34,36)(H,35,37)(H2,39,40,41)/t23-,27?,28?/m0/s1. The molecule has 13 nitrogen and oxygen atoms in total. The molecule has 0 heterocycles. The average molecular weight is 710 g/mol. The number of carbonyl (C=O) groups excluding carboxylic acids is 3. The van der Waals surface area contributed by atoms with Crippen LogP contribution >= 0.6 is 31.0 Å². The highest BCUT2D eigenvalue weighted by molar-refractivity contribution is 7.46. The van der Waals surface area contributed by atoms with E-state index in [2.05, 4.69) is 20.5 Å². The normalized spacial score (nSPS) is 22.1. The zero-order valence-corrected chi connectivity index (χ0v) is 26.6. The van der Waals surface area contributed by atoms with Crippen molar-refractivity contribution in [3.05, 3.63) is 58.1 Å². The van der Waals surface area contributed by atoms with Crippen LogP contribution in [0.3, 0.4) is 0 Å². The van der Waals surface area contributed by atoms with Crippen LogP contribution in [0.15, 0.2) is 36.4 Å². The SMILES string of the molecule is O=C(COc1ccc(Cl)c(F)c1)NC12CCC(NC(=O)COc3ccc(Cl)c(F)c3)(CC1)[C@@H](OC(=O)NCCCOP(=O)(O)O)C2. The fraction of sp³-hybridized carbons (Fsp3) is 0.464. The Morgan fingerprint density at radius 3 is 1.96 bits per heavy atom. The van der Waals surface area contributed by atoms with Crippen molar-refractivity contribution >= 4 is 48.9 Å². The van der Waals surface area contributed by atoms with Gasteiger partial charge >= 0.3 is 13.9 Å². The number of amides is 3. The van der Waals surface area contributed by atoms with Crippen LogP contribution in [-0.2, 0) is 23.4 Å². The minimum Gasteiger partial charge on any atom is -0.484 e. The fourth-order valence-electron chi connectivity index (χ4n) is 5.48. The lowest BCUT2D eigenvalue weighted by Crippen LogP contribution is -2.71. The van der Waals surface area contributed by atoms with Crippen LogP contribution in [0, 0.1) is 11.6 Å². The molecule has 1 atom stereocenters. The molecule has 0 unspecified atom stereocenters. The summed E-state index contributed by atoms with van der Waals surface area (Å²) in [4.78, 5) is 56.2. The molecular formula is C28H32Cl2F2N3O10P. The third-order valence-corrected chi connectivity index (χ3v) is 8.84. The van der Waals surface area contributed by atoms with E-state index in [-0.39, 0.29) is 47.5 Å². The molecule has 3 saturated carbocycles. The number of phosphoric ester groups is 1. The molecule has 5 N–H and O–H groups in total. The van der Waals surface area contributed by atoms with E-state index in [4.69, 9.17) is 47.2 Å². The summed E-state index contributed by atoms with van der Waals surface area (Å²) in [6.45, 7) is -1.23. The Morgan fingerprint density at radius 1 is 0.891 bits per heavy atom. The van der Waals surface area contributed by atoms with Crippen molar-refractivity contribution in [3.8, 4) is 11.5 Å². The van der Waals surface area contributed by atoms with Gasteiger partial charge in [-0.25, -0.2) is 18.1 Å². The van der Waals surface area contributed by atoms with Gasteiger partial charge in [0, 0.05) is 30.6 Å². The second-order valence-corrected chi connectivity index (χ2v) is 13.0. The second-order valence-electron chi connectivity index (χ2n) is 11.0. The van der Waals surface area contributed by atoms with Gasteiger partial charge in [-0.1, -0.05) is 23.2 Å². The van der Waals surface area contributed by atoms with E-state index < -0.39 is 67.8 Å². The van der Waals surface area contributed by atoms with Crippen LogP contribution in [-0.4, -0.2) is 71.2 Å². The van der Waals surface area contributed by atoms with Crippen molar-refractivity contribution in [1.82, 2.24) is 16.0 Å². The lowest BCUT2D eigenvalue weighted by Gasteiger charge is -2.57. The van der Waals surface area contributed by atoms with Gasteiger partial charge in [0.15, 0.2) is 13.2 Å². The molecule has 3 amide bonds. The molecule has 0 aromatic heterocycles. The van der Waals surface area contributed by atoms with E-state index in [9.17, 15) is 27.7 Å². The number of alkyl carbamates (subject to hydrolysis) is 1. The first kappa shape index (κ1) is 35.7. The molecule has 3 aliphatic carbocycles. The Balaban J connectivity index is 1.39. The maximum atomic E-state index is 13.8. The number of hydrogen-bond donors (Lipinski definition) is 5. The number of rotatable bonds is 14. The second kappa shape index (κ2) is 15.1. The number of halogens is 4. The molecule has 2 aromatic carbocycles. The van der Waals surface area contributed by atoms with E-state index >= 15 is 0 Å². The highest BCUT2D eigenvalue weighted by Crippen LogP contribution is 2.48. The van der Waals surface area contributed by atoms with Gasteiger partial charge in [0.25, 0.3) is 11.8 Å². The first-order valence-corrected chi connectivity index (χ1v) is 16.4. The molecule has 3 aliphatic rings. The van der Waals surface area contributed by atoms with Crippen molar-refractivity contribution in [2.75, 3.05) is 26.4 Å². The molecule has 0 aliphatic heterocycles. The summed E-state index contributed by atoms with van der Waals surface area (Å²) < 4.78 is 59.2. The summed E-state index contributed by atoms with van der Waals surface area (Å²) in [6, 6.07) is 7.52. The zero-order valence-electron chi connectivity index (χ0n) is 24.2. The highest BCUT2D eigenvalue weighted by atomic mass is 35.5. The quantitative estimate of drug-likeness (QED) is 0.142. The van der Waals surface area contributed by atoms with E-state index in [0.29, 0.717) is 25.7 Å². The molecule has 252 valence electrons. The third kappa shape index (κ3) is 9.90. The summed E-state index contributed by atoms with van der Waals surface area (Å²) in [5, 5.41) is 8.15. The largest absolute Gasteiger partial charge is 0.484 e. The van der Waals surface area contributed by atoms with Crippen molar-refractivity contribution in [3.63, 3.8) is 0 Å². The first-order valence-electron chi connectivity index (χ1n) is 14.1. The molecule has 0 radical (unpaired) electrons. The van der Waals surface area contributed by atoms with Crippen molar-refractivity contribution in [1.29, 1.82) is 0 Å². The Hall–Kier alpha value is -3.20. The lowest BCUT2D eigenvalue weighted by molar-refractivity contribution is -0.137. The minimum absolute atomic E-state index is 0.0269. The van der Waals surface area contributed by atoms with Crippen LogP contribution in [0.25, 0.3) is 0 Å². The van der Waals surface area contributed by atoms with Crippen molar-refractivity contribution < 1.29 is 56.3 Å². The van der Waals surface area contributed by atoms with Gasteiger partial charge in [0.05, 0.1) is 22.2 Å². The highest BCUT2D eigenvalue weighted by Gasteiger charge is 2.57. The summed E-state index contributed by atoms with van der Waals surface area (Å²) in [5.41, 5.74) is -1.83. The van der Waals surface area contributed by atoms with Crippen LogP contribution in [0.1, 0.15) is 38.5 Å². The van der Waals surface area contributed by atoms with Gasteiger partial charge in [0.2, 0.25) is 0 Å². The summed E-state index contributed by atoms with van der Waals surface area (Å²) in [7, 11) is -4.65. The molecule has 5 rings (SSSR count). The van der Waals surface area contributed by atoms with E-state index in [1.165, 1.54) is 24.3 Å². The summed E-state index contributed by atoms with van der Waals surface area (Å²) in [6.07, 6.45) is -0.107. The number of phosphoric acid groups is 1. The monoisotopic (exact) mass is 709 g/mol. The molecule has 46 heavy (non-hydrogen) atoms. The Kier molecular flexibility index (Phi) is 11.7. The lowest BCUT2D eigenvalue weighted by atomic mass is 9.59. The zero-order chi connectivity index (χ0) is 33.5. The third-order valence-electron chi connectivity index (χ3n) is 7.71. The molecule has 2 aromatic rings. The van der Waals surface area contributed by atoms with Crippen LogP contribution in [0.4, 0.5) is 13.6 Å². The van der Waals surface area contributed by atoms with Gasteiger partial charge < -0.3 is 39.9 Å². The molecule has 18 heteroatoms. The topological polar surface area (TPSA) is 182 Å². The van der Waals surface area contributed by atoms with Gasteiger partial charge in [-0.3, -0.25) is 14.1 Å². The predicted molar refractivity (Wildman–Crippen MR) is 160 cm³/mol. The van der Waals surface area contributed by atoms with Gasteiger partial charge in [-0.15, -0.1) is 0 Å². The van der Waals surface area contributed by atoms with Crippen LogP contribution < -0.4 is 25.4 Å². The maximum Gasteiger partial charge on any atom is 0.469 e. The van der Waals surface area contributed by atoms with Gasteiger partial charge in [0.1, 0.15) is 29.2 Å². The maximum absolute atomic E-state index is 13.8. The number of carbonyl (C=O) groups is 3. The van der Waals surface area contributed by atoms with Crippen LogP contribution in [0.2, 0.25) is 10.0 Å². The predicted octanol–water partition coefficient (Wildman–Crippen LogP) is 4.01. The van der Waals surface area contributed by atoms with Crippen molar-refractivity contribution in [2.24, 2.45) is 0 Å². The van der Waals surface area contributed by atoms with E-state index in [1.54, 1.807) is 0 Å². The van der Waals surface area contributed by atoms with E-state index in [0.717, 1.165) is 12.1 Å². The number of ether oxygens (including phenoxy) is 3. The van der Waals surface area contributed by atoms with Crippen LogP contribution in [0.5, 0.6) is 11.5 Å². The molecule has 3 fully saturated rings. The van der Waals surface area contributed by atoms with Gasteiger partial charge in [-0.05, 0) is 56.4 Å². The number of hydrogen-bond acceptors (Lipinski definition) is 8. The molecular weight excluding hydrogens is 678 g/mol. The first-order chi connectivity index (χ1) is 21.7.